The molecule has 4 rings (SSSR count). The summed E-state index contributed by atoms with van der Waals surface area (Å²) in [6.07, 6.45) is 0.745. The molecule has 0 unspecified atom stereocenters. The van der Waals surface area contributed by atoms with Crippen LogP contribution >= 0.6 is 0 Å². The second-order valence-corrected chi connectivity index (χ2v) is 7.37. The average Bonchev–Trinajstić information content (AvgIpc) is 2.88. The molecule has 0 bridgehead atoms. The van der Waals surface area contributed by atoms with Crippen LogP contribution in [0.1, 0.15) is 12.5 Å². The molecule has 1 aromatic heterocycles. The molecule has 8 heteroatoms. The number of carbonyl (C=O) groups excluding carboxylic acids is 1. The zero-order chi connectivity index (χ0) is 24.1. The second kappa shape index (κ2) is 9.99. The monoisotopic (exact) mass is 457 g/mol. The van der Waals surface area contributed by atoms with Crippen molar-refractivity contribution in [2.24, 2.45) is 5.10 Å². The number of hydrogen-bond acceptors (Lipinski definition) is 7. The highest BCUT2D eigenvalue weighted by Gasteiger charge is 2.17. The highest BCUT2D eigenvalue weighted by Crippen LogP contribution is 2.29. The summed E-state index contributed by atoms with van der Waals surface area (Å²) in [7, 11) is 2.80. The van der Waals surface area contributed by atoms with Crippen molar-refractivity contribution in [2.45, 2.75) is 13.0 Å². The van der Waals surface area contributed by atoms with Gasteiger partial charge in [-0.05, 0) is 42.8 Å². The molecule has 34 heavy (non-hydrogen) atoms. The molecule has 3 aromatic carbocycles. The Labute approximate surface area is 196 Å². The van der Waals surface area contributed by atoms with E-state index in [9.17, 15) is 9.59 Å². The summed E-state index contributed by atoms with van der Waals surface area (Å²) in [6.45, 7) is 1.59. The molecule has 0 aliphatic carbocycles. The number of aromatic nitrogens is 2. The minimum Gasteiger partial charge on any atom is -0.493 e. The first-order valence-electron chi connectivity index (χ1n) is 10.6. The van der Waals surface area contributed by atoms with Crippen LogP contribution in [-0.4, -0.2) is 42.2 Å². The number of esters is 1. The van der Waals surface area contributed by atoms with Gasteiger partial charge in [-0.25, -0.2) is 9.78 Å². The topological polar surface area (TPSA) is 92.0 Å². The molecule has 4 aromatic rings. The summed E-state index contributed by atoms with van der Waals surface area (Å²) in [5.74, 6) is 0.725. The van der Waals surface area contributed by atoms with Crippen LogP contribution in [0.3, 0.4) is 0 Å². The number of ether oxygens (including phenoxy) is 3. The largest absolute Gasteiger partial charge is 0.493 e. The number of nitrogens with zero attached hydrogens (tertiary/aromatic N) is 3. The molecule has 0 N–H and O–H groups in total. The highest BCUT2D eigenvalue weighted by atomic mass is 16.6. The van der Waals surface area contributed by atoms with E-state index in [1.807, 2.05) is 36.4 Å². The Kier molecular flexibility index (Phi) is 6.68. The number of carbonyl (C=O) groups is 1. The van der Waals surface area contributed by atoms with Gasteiger partial charge in [0.2, 0.25) is 0 Å². The molecule has 0 aliphatic heterocycles. The molecule has 1 atom stereocenters. The van der Waals surface area contributed by atoms with Crippen LogP contribution in [-0.2, 0) is 9.53 Å². The van der Waals surface area contributed by atoms with Gasteiger partial charge in [0.1, 0.15) is 0 Å². The van der Waals surface area contributed by atoms with E-state index in [0.717, 1.165) is 5.56 Å². The SMILES string of the molecule is COC(=O)[C@H](C)Oc1ccc(C=Nn2c(-c3ccccc3)nc3ccccc3c2=O)cc1OC. The summed E-state index contributed by atoms with van der Waals surface area (Å²) < 4.78 is 17.0. The van der Waals surface area contributed by atoms with E-state index in [2.05, 4.69) is 10.1 Å². The molecule has 0 radical (unpaired) electrons. The van der Waals surface area contributed by atoms with E-state index >= 15 is 0 Å². The fourth-order valence-electron chi connectivity index (χ4n) is 3.40. The van der Waals surface area contributed by atoms with Crippen molar-refractivity contribution >= 4 is 23.1 Å². The zero-order valence-electron chi connectivity index (χ0n) is 19.0. The molecule has 172 valence electrons. The van der Waals surface area contributed by atoms with Gasteiger partial charge in [-0.1, -0.05) is 42.5 Å². The number of hydrogen-bond donors (Lipinski definition) is 0. The van der Waals surface area contributed by atoms with E-state index in [-0.39, 0.29) is 5.56 Å². The van der Waals surface area contributed by atoms with Crippen LogP contribution in [0.25, 0.3) is 22.3 Å². The molecule has 0 amide bonds. The van der Waals surface area contributed by atoms with Gasteiger partial charge in [0.05, 0.1) is 31.3 Å². The molecule has 0 fully saturated rings. The molecule has 1 heterocycles. The van der Waals surface area contributed by atoms with Crippen molar-refractivity contribution in [3.05, 3.63) is 88.7 Å². The van der Waals surface area contributed by atoms with Crippen LogP contribution in [0, 0.1) is 0 Å². The van der Waals surface area contributed by atoms with E-state index in [1.54, 1.807) is 49.5 Å². The lowest BCUT2D eigenvalue weighted by atomic mass is 10.2. The predicted molar refractivity (Wildman–Crippen MR) is 130 cm³/mol. The van der Waals surface area contributed by atoms with Crippen molar-refractivity contribution in [2.75, 3.05) is 14.2 Å². The number of rotatable bonds is 7. The molecule has 0 saturated carbocycles. The number of benzene rings is 3. The first-order valence-corrected chi connectivity index (χ1v) is 10.6. The average molecular weight is 457 g/mol. The molecule has 0 saturated heterocycles. The molecule has 0 spiro atoms. The minimum absolute atomic E-state index is 0.278. The number of fused-ring (bicyclic) bond motifs is 1. The molecule has 0 aliphatic rings. The lowest BCUT2D eigenvalue weighted by Crippen LogP contribution is -2.25. The van der Waals surface area contributed by atoms with Crippen LogP contribution in [0.5, 0.6) is 11.5 Å². The van der Waals surface area contributed by atoms with Crippen LogP contribution in [0.2, 0.25) is 0 Å². The quantitative estimate of drug-likeness (QED) is 0.309. The minimum atomic E-state index is -0.797. The second-order valence-electron chi connectivity index (χ2n) is 7.37. The Balaban J connectivity index is 1.74. The Hall–Kier alpha value is -4.46. The van der Waals surface area contributed by atoms with Gasteiger partial charge in [0, 0.05) is 5.56 Å². The van der Waals surface area contributed by atoms with Crippen molar-refractivity contribution in [1.29, 1.82) is 0 Å². The van der Waals surface area contributed by atoms with Crippen LogP contribution < -0.4 is 15.0 Å². The fourth-order valence-corrected chi connectivity index (χ4v) is 3.40. The Bertz CT molecular complexity index is 1410. The van der Waals surface area contributed by atoms with Crippen molar-refractivity contribution < 1.29 is 19.0 Å². The van der Waals surface area contributed by atoms with E-state index in [1.165, 1.54) is 18.9 Å². The standard InChI is InChI=1S/C26H23N3O5/c1-17(26(31)33-3)34-22-14-13-18(15-23(22)32-2)16-27-29-24(19-9-5-4-6-10-19)28-21-12-8-7-11-20(21)25(29)30/h4-17H,1-3H3/t17-/m0/s1. The van der Waals surface area contributed by atoms with E-state index < -0.39 is 12.1 Å². The first kappa shape index (κ1) is 22.7. The third-order valence-corrected chi connectivity index (χ3v) is 5.13. The summed E-state index contributed by atoms with van der Waals surface area (Å²) in [6, 6.07) is 21.7. The van der Waals surface area contributed by atoms with Gasteiger partial charge < -0.3 is 14.2 Å². The fraction of sp³-hybridized carbons (Fsp3) is 0.154. The lowest BCUT2D eigenvalue weighted by Gasteiger charge is -2.15. The van der Waals surface area contributed by atoms with Crippen LogP contribution in [0.15, 0.2) is 82.7 Å². The van der Waals surface area contributed by atoms with Gasteiger partial charge in [-0.2, -0.15) is 9.78 Å². The summed E-state index contributed by atoms with van der Waals surface area (Å²) >= 11 is 0. The number of methoxy groups -OCH3 is 2. The summed E-state index contributed by atoms with van der Waals surface area (Å²) in [4.78, 5) is 29.6. The smallest absolute Gasteiger partial charge is 0.346 e. The van der Waals surface area contributed by atoms with Gasteiger partial charge in [0.25, 0.3) is 5.56 Å². The molecular formula is C26H23N3O5. The van der Waals surface area contributed by atoms with Crippen molar-refractivity contribution in [3.8, 4) is 22.9 Å². The van der Waals surface area contributed by atoms with Crippen molar-refractivity contribution in [1.82, 2.24) is 9.66 Å². The summed E-state index contributed by atoms with van der Waals surface area (Å²) in [5.41, 5.74) is 1.75. The Morgan fingerprint density at radius 2 is 1.74 bits per heavy atom. The van der Waals surface area contributed by atoms with E-state index in [0.29, 0.717) is 33.8 Å². The normalized spacial score (nSPS) is 12.0. The van der Waals surface area contributed by atoms with E-state index in [4.69, 9.17) is 14.2 Å². The van der Waals surface area contributed by atoms with Gasteiger partial charge >= 0.3 is 5.97 Å². The number of para-hydroxylation sites is 1. The highest BCUT2D eigenvalue weighted by molar-refractivity contribution is 5.83. The summed E-state index contributed by atoms with van der Waals surface area (Å²) in [5, 5.41) is 4.93. The maximum Gasteiger partial charge on any atom is 0.346 e. The molecular weight excluding hydrogens is 434 g/mol. The predicted octanol–water partition coefficient (Wildman–Crippen LogP) is 3.89. The first-order chi connectivity index (χ1) is 16.5. The zero-order valence-corrected chi connectivity index (χ0v) is 19.0. The maximum atomic E-state index is 13.3. The van der Waals surface area contributed by atoms with Crippen LogP contribution in [0.4, 0.5) is 0 Å². The lowest BCUT2D eigenvalue weighted by molar-refractivity contribution is -0.147. The third kappa shape index (κ3) is 4.66. The maximum absolute atomic E-state index is 13.3. The Morgan fingerprint density at radius 3 is 2.47 bits per heavy atom. The van der Waals surface area contributed by atoms with Gasteiger partial charge in [-0.15, -0.1) is 0 Å². The van der Waals surface area contributed by atoms with Gasteiger partial charge in [-0.3, -0.25) is 4.79 Å². The van der Waals surface area contributed by atoms with Gasteiger partial charge in [0.15, 0.2) is 23.4 Å². The van der Waals surface area contributed by atoms with Crippen molar-refractivity contribution in [3.63, 3.8) is 0 Å². The molecule has 8 nitrogen and oxygen atoms in total. The third-order valence-electron chi connectivity index (χ3n) is 5.13. The Morgan fingerprint density at radius 1 is 1.00 bits per heavy atom.